The second-order valence-corrected chi connectivity index (χ2v) is 4.92. The number of piperidine rings is 1. The summed E-state index contributed by atoms with van der Waals surface area (Å²) in [6.07, 6.45) is 5.05. The van der Waals surface area contributed by atoms with Crippen molar-refractivity contribution in [2.24, 2.45) is 16.8 Å². The zero-order valence-corrected chi connectivity index (χ0v) is 10.6. The first-order chi connectivity index (χ1) is 8.81. The predicted octanol–water partition coefficient (Wildman–Crippen LogP) is 2.46. The van der Waals surface area contributed by atoms with Crippen LogP contribution in [-0.4, -0.2) is 24.7 Å². The molecule has 0 radical (unpaired) electrons. The van der Waals surface area contributed by atoms with Crippen molar-refractivity contribution < 1.29 is 0 Å². The molecule has 0 amide bonds. The average Bonchev–Trinajstić information content (AvgIpc) is 2.46. The van der Waals surface area contributed by atoms with Gasteiger partial charge in [0.25, 0.3) is 0 Å². The summed E-state index contributed by atoms with van der Waals surface area (Å²) in [6.45, 7) is 5.58. The Kier molecular flexibility index (Phi) is 3.99. The van der Waals surface area contributed by atoms with Crippen molar-refractivity contribution in [3.8, 4) is 12.1 Å². The van der Waals surface area contributed by atoms with E-state index >= 15 is 0 Å². The fourth-order valence-corrected chi connectivity index (χ4v) is 2.92. The minimum absolute atomic E-state index is 0.197. The molecule has 0 spiro atoms. The van der Waals surface area contributed by atoms with E-state index in [-0.39, 0.29) is 11.8 Å². The lowest BCUT2D eigenvalue weighted by Gasteiger charge is -2.37. The third-order valence-electron chi connectivity index (χ3n) is 3.88. The molecule has 2 aliphatic rings. The molecular formula is C14H18N4. The van der Waals surface area contributed by atoms with Gasteiger partial charge in [-0.3, -0.25) is 4.99 Å². The average molecular weight is 242 g/mol. The molecule has 1 heterocycles. The quantitative estimate of drug-likeness (QED) is 0.699. The maximum Gasteiger partial charge on any atom is 0.104 e. The van der Waals surface area contributed by atoms with Gasteiger partial charge in [0.1, 0.15) is 5.92 Å². The third-order valence-corrected chi connectivity index (χ3v) is 3.88. The van der Waals surface area contributed by atoms with Gasteiger partial charge in [0.2, 0.25) is 0 Å². The Labute approximate surface area is 108 Å². The molecule has 94 valence electrons. The number of nitriles is 2. The summed E-state index contributed by atoms with van der Waals surface area (Å²) in [5, 5.41) is 18.6. The lowest BCUT2D eigenvalue weighted by atomic mass is 9.80. The van der Waals surface area contributed by atoms with E-state index in [2.05, 4.69) is 28.7 Å². The lowest BCUT2D eigenvalue weighted by Crippen LogP contribution is -2.36. The number of nitrogens with zero attached hydrogens (tertiary/aromatic N) is 4. The van der Waals surface area contributed by atoms with Gasteiger partial charge in [-0.1, -0.05) is 0 Å². The zero-order chi connectivity index (χ0) is 13.0. The number of hydrogen-bond donors (Lipinski definition) is 0. The normalized spacial score (nSPS) is 28.4. The minimum atomic E-state index is -0.331. The highest BCUT2D eigenvalue weighted by molar-refractivity contribution is 5.35. The van der Waals surface area contributed by atoms with Crippen LogP contribution in [0, 0.1) is 34.5 Å². The Hall–Kier alpha value is -1.81. The van der Waals surface area contributed by atoms with Crippen molar-refractivity contribution in [2.75, 3.05) is 13.1 Å². The number of hydrogen-bond acceptors (Lipinski definition) is 4. The highest BCUT2D eigenvalue weighted by Crippen LogP contribution is 2.37. The number of likely N-dealkylation sites (tertiary alicyclic amines) is 1. The number of aliphatic imine (C=N–C) groups is 1. The SMILES string of the molecule is C=NC1=C(N2CCCCC2)C(C#N)C(C#N)CC1. The van der Waals surface area contributed by atoms with Gasteiger partial charge >= 0.3 is 0 Å². The first-order valence-electron chi connectivity index (χ1n) is 6.55. The van der Waals surface area contributed by atoms with E-state index in [4.69, 9.17) is 0 Å². The number of allylic oxidation sites excluding steroid dienone is 2. The highest BCUT2D eigenvalue weighted by Gasteiger charge is 2.35. The van der Waals surface area contributed by atoms with Crippen LogP contribution in [0.25, 0.3) is 0 Å². The first-order valence-corrected chi connectivity index (χ1v) is 6.55. The molecular weight excluding hydrogens is 224 g/mol. The van der Waals surface area contributed by atoms with Gasteiger partial charge < -0.3 is 4.90 Å². The second kappa shape index (κ2) is 5.69. The van der Waals surface area contributed by atoms with E-state index in [0.717, 1.165) is 50.2 Å². The van der Waals surface area contributed by atoms with Gasteiger partial charge in [0.15, 0.2) is 0 Å². The van der Waals surface area contributed by atoms with E-state index in [9.17, 15) is 10.5 Å². The molecule has 2 atom stereocenters. The molecule has 4 heteroatoms. The largest absolute Gasteiger partial charge is 0.372 e. The molecule has 2 rings (SSSR count). The monoisotopic (exact) mass is 242 g/mol. The van der Waals surface area contributed by atoms with Gasteiger partial charge in [-0.05, 0) is 38.8 Å². The summed E-state index contributed by atoms with van der Waals surface area (Å²) in [7, 11) is 0. The first kappa shape index (κ1) is 12.6. The standard InChI is InChI=1S/C14H18N4/c1-17-13-6-5-11(9-15)12(10-16)14(13)18-7-3-2-4-8-18/h11-12H,1-8H2. The molecule has 0 bridgehead atoms. The van der Waals surface area contributed by atoms with Crippen molar-refractivity contribution >= 4 is 6.72 Å². The molecule has 0 aromatic rings. The maximum absolute atomic E-state index is 9.38. The Bertz CT molecular complexity index is 432. The van der Waals surface area contributed by atoms with Crippen LogP contribution >= 0.6 is 0 Å². The van der Waals surface area contributed by atoms with Crippen molar-refractivity contribution in [2.45, 2.75) is 32.1 Å². The molecule has 0 aromatic carbocycles. The summed E-state index contributed by atoms with van der Waals surface area (Å²) in [6, 6.07) is 4.58. The molecule has 0 aromatic heterocycles. The number of rotatable bonds is 2. The van der Waals surface area contributed by atoms with Crippen LogP contribution in [0.1, 0.15) is 32.1 Å². The molecule has 0 saturated carbocycles. The van der Waals surface area contributed by atoms with Gasteiger partial charge in [-0.25, -0.2) is 0 Å². The van der Waals surface area contributed by atoms with Crippen LogP contribution in [0.3, 0.4) is 0 Å². The van der Waals surface area contributed by atoms with Crippen molar-refractivity contribution in [1.29, 1.82) is 10.5 Å². The molecule has 4 nitrogen and oxygen atoms in total. The van der Waals surface area contributed by atoms with Crippen molar-refractivity contribution in [3.05, 3.63) is 11.4 Å². The van der Waals surface area contributed by atoms with Crippen LogP contribution in [0.4, 0.5) is 0 Å². The van der Waals surface area contributed by atoms with Crippen LogP contribution in [0.15, 0.2) is 16.4 Å². The van der Waals surface area contributed by atoms with Crippen LogP contribution in [-0.2, 0) is 0 Å². The Balaban J connectivity index is 2.35. The predicted molar refractivity (Wildman–Crippen MR) is 69.4 cm³/mol. The van der Waals surface area contributed by atoms with Crippen LogP contribution < -0.4 is 0 Å². The molecule has 1 saturated heterocycles. The zero-order valence-electron chi connectivity index (χ0n) is 10.6. The lowest BCUT2D eigenvalue weighted by molar-refractivity contribution is 0.240. The van der Waals surface area contributed by atoms with Crippen LogP contribution in [0.5, 0.6) is 0 Å². The summed E-state index contributed by atoms with van der Waals surface area (Å²) in [5.74, 6) is -0.528. The molecule has 1 fully saturated rings. The molecule has 1 aliphatic carbocycles. The van der Waals surface area contributed by atoms with E-state index in [1.54, 1.807) is 0 Å². The fourth-order valence-electron chi connectivity index (χ4n) is 2.92. The van der Waals surface area contributed by atoms with Crippen LogP contribution in [0.2, 0.25) is 0 Å². The highest BCUT2D eigenvalue weighted by atomic mass is 15.2. The summed E-state index contributed by atoms with van der Waals surface area (Å²) >= 11 is 0. The second-order valence-electron chi connectivity index (χ2n) is 4.92. The molecule has 2 unspecified atom stereocenters. The Morgan fingerprint density at radius 2 is 1.89 bits per heavy atom. The Morgan fingerprint density at radius 1 is 1.17 bits per heavy atom. The molecule has 18 heavy (non-hydrogen) atoms. The molecule has 0 N–H and O–H groups in total. The van der Waals surface area contributed by atoms with E-state index < -0.39 is 0 Å². The fraction of sp³-hybridized carbons (Fsp3) is 0.643. The minimum Gasteiger partial charge on any atom is -0.372 e. The summed E-state index contributed by atoms with van der Waals surface area (Å²) in [4.78, 5) is 6.35. The van der Waals surface area contributed by atoms with E-state index in [1.165, 1.54) is 6.42 Å². The van der Waals surface area contributed by atoms with Gasteiger partial charge in [-0.15, -0.1) is 0 Å². The third kappa shape index (κ3) is 2.24. The summed E-state index contributed by atoms with van der Waals surface area (Å²) in [5.41, 5.74) is 1.90. The Morgan fingerprint density at radius 3 is 2.44 bits per heavy atom. The maximum atomic E-state index is 9.38. The van der Waals surface area contributed by atoms with Crippen molar-refractivity contribution in [3.63, 3.8) is 0 Å². The van der Waals surface area contributed by atoms with E-state index in [1.807, 2.05) is 0 Å². The van der Waals surface area contributed by atoms with Crippen molar-refractivity contribution in [1.82, 2.24) is 4.90 Å². The molecule has 1 aliphatic heterocycles. The smallest absolute Gasteiger partial charge is 0.104 e. The summed E-state index contributed by atoms with van der Waals surface area (Å²) < 4.78 is 0. The van der Waals surface area contributed by atoms with Gasteiger partial charge in [-0.2, -0.15) is 10.5 Å². The topological polar surface area (TPSA) is 63.2 Å². The van der Waals surface area contributed by atoms with Gasteiger partial charge in [0, 0.05) is 13.1 Å². The van der Waals surface area contributed by atoms with Gasteiger partial charge in [0.05, 0.1) is 29.5 Å². The van der Waals surface area contributed by atoms with E-state index in [0.29, 0.717) is 0 Å².